The van der Waals surface area contributed by atoms with Gasteiger partial charge in [-0.15, -0.1) is 0 Å². The summed E-state index contributed by atoms with van der Waals surface area (Å²) in [5, 5.41) is 0. The average Bonchev–Trinajstić information content (AvgIpc) is 3.40. The lowest BCUT2D eigenvalue weighted by Gasteiger charge is -2.25. The lowest BCUT2D eigenvalue weighted by Crippen LogP contribution is -2.39. The monoisotopic (exact) mass is 446 g/mol. The second-order valence-electron chi connectivity index (χ2n) is 9.23. The number of carbonyl (C=O) groups is 1. The summed E-state index contributed by atoms with van der Waals surface area (Å²) >= 11 is 0. The fourth-order valence-electron chi connectivity index (χ4n) is 5.18. The molecule has 0 N–H and O–H groups in total. The maximum atomic E-state index is 12.4. The van der Waals surface area contributed by atoms with Crippen LogP contribution in [0, 0.1) is 11.8 Å². The molecule has 2 atom stereocenters. The van der Waals surface area contributed by atoms with Crippen molar-refractivity contribution in [1.29, 1.82) is 0 Å². The number of likely N-dealkylation sites (N-methyl/N-ethyl adjacent to an activating group) is 1. The minimum absolute atomic E-state index is 0.0691. The molecule has 1 aliphatic heterocycles. The molecular formula is C26H42N2O4. The molecule has 1 saturated carbocycles. The summed E-state index contributed by atoms with van der Waals surface area (Å²) in [5.74, 6) is 2.01. The highest BCUT2D eigenvalue weighted by Gasteiger charge is 2.35. The van der Waals surface area contributed by atoms with Crippen LogP contribution in [0.2, 0.25) is 0 Å². The zero-order valence-corrected chi connectivity index (χ0v) is 20.3. The normalized spacial score (nSPS) is 20.8. The van der Waals surface area contributed by atoms with Gasteiger partial charge in [0.2, 0.25) is 5.91 Å². The highest BCUT2D eigenvalue weighted by Crippen LogP contribution is 2.37. The highest BCUT2D eigenvalue weighted by atomic mass is 16.7. The van der Waals surface area contributed by atoms with E-state index in [2.05, 4.69) is 29.2 Å². The van der Waals surface area contributed by atoms with Crippen LogP contribution in [0.3, 0.4) is 0 Å². The Labute approximate surface area is 194 Å². The molecule has 32 heavy (non-hydrogen) atoms. The van der Waals surface area contributed by atoms with Crippen LogP contribution in [-0.2, 0) is 31.8 Å². The van der Waals surface area contributed by atoms with Crippen molar-refractivity contribution in [2.45, 2.75) is 51.7 Å². The van der Waals surface area contributed by atoms with Crippen LogP contribution in [0.5, 0.6) is 0 Å². The van der Waals surface area contributed by atoms with Gasteiger partial charge in [-0.3, -0.25) is 4.79 Å². The molecule has 2 fully saturated rings. The van der Waals surface area contributed by atoms with E-state index in [-0.39, 0.29) is 5.91 Å². The van der Waals surface area contributed by atoms with Gasteiger partial charge in [-0.2, -0.15) is 0 Å². The van der Waals surface area contributed by atoms with Gasteiger partial charge in [0, 0.05) is 40.4 Å². The second kappa shape index (κ2) is 13.3. The van der Waals surface area contributed by atoms with Crippen LogP contribution in [0.25, 0.3) is 0 Å². The summed E-state index contributed by atoms with van der Waals surface area (Å²) in [6.07, 6.45) is 6.32. The Morgan fingerprint density at radius 3 is 2.44 bits per heavy atom. The van der Waals surface area contributed by atoms with Gasteiger partial charge in [-0.25, -0.2) is 0 Å². The molecule has 0 radical (unpaired) electrons. The third-order valence-corrected chi connectivity index (χ3v) is 7.14. The first-order valence-corrected chi connectivity index (χ1v) is 12.3. The van der Waals surface area contributed by atoms with E-state index in [9.17, 15) is 4.79 Å². The number of ether oxygens (including phenoxy) is 3. The van der Waals surface area contributed by atoms with Gasteiger partial charge in [0.1, 0.15) is 0 Å². The van der Waals surface area contributed by atoms with E-state index in [1.807, 2.05) is 6.92 Å². The van der Waals surface area contributed by atoms with Gasteiger partial charge in [0.05, 0.1) is 26.2 Å². The van der Waals surface area contributed by atoms with Gasteiger partial charge in [-0.05, 0) is 55.6 Å². The summed E-state index contributed by atoms with van der Waals surface area (Å²) in [4.78, 5) is 16.8. The molecule has 1 unspecified atom stereocenters. The van der Waals surface area contributed by atoms with Crippen molar-refractivity contribution in [3.8, 4) is 0 Å². The van der Waals surface area contributed by atoms with Crippen molar-refractivity contribution in [1.82, 2.24) is 9.80 Å². The molecule has 1 amide bonds. The Hall–Kier alpha value is -1.47. The number of methoxy groups -OCH3 is 2. The molecule has 1 saturated heterocycles. The minimum atomic E-state index is -0.391. The number of benzene rings is 1. The Kier molecular flexibility index (Phi) is 10.4. The van der Waals surface area contributed by atoms with E-state index in [0.29, 0.717) is 32.7 Å². The predicted octanol–water partition coefficient (Wildman–Crippen LogP) is 3.38. The first-order valence-electron chi connectivity index (χ1n) is 12.3. The minimum Gasteiger partial charge on any atom is -0.381 e. The third-order valence-electron chi connectivity index (χ3n) is 7.14. The van der Waals surface area contributed by atoms with E-state index in [1.54, 1.807) is 19.1 Å². The molecule has 3 rings (SSSR count). The maximum Gasteiger partial charge on any atom is 0.225 e. The second-order valence-corrected chi connectivity index (χ2v) is 9.23. The third kappa shape index (κ3) is 7.55. The van der Waals surface area contributed by atoms with Crippen LogP contribution in [0.4, 0.5) is 0 Å². The number of hydrogen-bond donors (Lipinski definition) is 0. The van der Waals surface area contributed by atoms with E-state index in [4.69, 9.17) is 14.2 Å². The van der Waals surface area contributed by atoms with Crippen molar-refractivity contribution in [3.63, 3.8) is 0 Å². The van der Waals surface area contributed by atoms with Gasteiger partial charge >= 0.3 is 0 Å². The summed E-state index contributed by atoms with van der Waals surface area (Å²) in [6, 6.07) is 8.90. The molecule has 0 spiro atoms. The molecule has 0 aromatic heterocycles. The molecule has 1 aromatic rings. The largest absolute Gasteiger partial charge is 0.381 e. The summed E-state index contributed by atoms with van der Waals surface area (Å²) < 4.78 is 16.2. The van der Waals surface area contributed by atoms with E-state index in [1.165, 1.54) is 50.0 Å². The van der Waals surface area contributed by atoms with Crippen molar-refractivity contribution >= 4 is 5.91 Å². The van der Waals surface area contributed by atoms with Crippen LogP contribution < -0.4 is 0 Å². The highest BCUT2D eigenvalue weighted by molar-refractivity contribution is 5.76. The van der Waals surface area contributed by atoms with Crippen LogP contribution in [-0.4, -0.2) is 82.2 Å². The summed E-state index contributed by atoms with van der Waals surface area (Å²) in [5.41, 5.74) is 2.73. The van der Waals surface area contributed by atoms with Gasteiger partial charge < -0.3 is 24.0 Å². The molecule has 0 bridgehead atoms. The first kappa shape index (κ1) is 25.2. The zero-order valence-electron chi connectivity index (χ0n) is 20.3. The Morgan fingerprint density at radius 1 is 1.09 bits per heavy atom. The molecule has 1 aromatic carbocycles. The van der Waals surface area contributed by atoms with E-state index >= 15 is 0 Å². The molecular weight excluding hydrogens is 404 g/mol. The smallest absolute Gasteiger partial charge is 0.225 e. The van der Waals surface area contributed by atoms with Crippen LogP contribution >= 0.6 is 0 Å². The average molecular weight is 447 g/mol. The number of rotatable bonds is 14. The van der Waals surface area contributed by atoms with Crippen molar-refractivity contribution < 1.29 is 19.0 Å². The number of likely N-dealkylation sites (tertiary alicyclic amines) is 1. The van der Waals surface area contributed by atoms with Gasteiger partial charge in [-0.1, -0.05) is 30.7 Å². The van der Waals surface area contributed by atoms with Gasteiger partial charge in [0.15, 0.2) is 6.29 Å². The Balaban J connectivity index is 1.31. The maximum absolute atomic E-state index is 12.4. The standard InChI is InChI=1S/C26H42N2O4/c1-4-28(20-26(30-2)31-3)25(29)13-16-32-15-12-22-8-5-7-21(17-22)11-14-27-18-23-9-6-10-24(23)19-27/h5,7-8,17,23-24,26H,4,6,9-16,18-20H2,1-3H3/t23-,24?/m1/s1. The van der Waals surface area contributed by atoms with E-state index < -0.39 is 6.29 Å². The molecule has 6 nitrogen and oxygen atoms in total. The summed E-state index contributed by atoms with van der Waals surface area (Å²) in [7, 11) is 3.17. The number of carbonyl (C=O) groups excluding carboxylic acids is 1. The summed E-state index contributed by atoms with van der Waals surface area (Å²) in [6.45, 7) is 7.91. The van der Waals surface area contributed by atoms with Crippen LogP contribution in [0.1, 0.15) is 43.7 Å². The molecule has 1 heterocycles. The van der Waals surface area contributed by atoms with Gasteiger partial charge in [0.25, 0.3) is 0 Å². The lowest BCUT2D eigenvalue weighted by molar-refractivity contribution is -0.145. The topological polar surface area (TPSA) is 51.2 Å². The molecule has 1 aliphatic carbocycles. The molecule has 2 aliphatic rings. The van der Waals surface area contributed by atoms with Crippen molar-refractivity contribution in [2.75, 3.05) is 60.2 Å². The first-order chi connectivity index (χ1) is 15.6. The fraction of sp³-hybridized carbons (Fsp3) is 0.731. The van der Waals surface area contributed by atoms with Crippen molar-refractivity contribution in [3.05, 3.63) is 35.4 Å². The SMILES string of the molecule is CCN(CC(OC)OC)C(=O)CCOCCc1cccc(CCN2CC3CCC[C@@H]3C2)c1. The zero-order chi connectivity index (χ0) is 22.8. The Morgan fingerprint density at radius 2 is 1.78 bits per heavy atom. The van der Waals surface area contributed by atoms with E-state index in [0.717, 1.165) is 24.7 Å². The molecule has 180 valence electrons. The predicted molar refractivity (Wildman–Crippen MR) is 127 cm³/mol. The Bertz CT molecular complexity index is 682. The quantitative estimate of drug-likeness (QED) is 0.324. The van der Waals surface area contributed by atoms with Crippen LogP contribution in [0.15, 0.2) is 24.3 Å². The molecule has 6 heteroatoms. The van der Waals surface area contributed by atoms with Crippen molar-refractivity contribution in [2.24, 2.45) is 11.8 Å². The number of fused-ring (bicyclic) bond motifs is 1. The fourth-order valence-corrected chi connectivity index (χ4v) is 5.18. The number of amides is 1. The number of hydrogen-bond acceptors (Lipinski definition) is 5. The number of nitrogens with zero attached hydrogens (tertiary/aromatic N) is 2. The lowest BCUT2D eigenvalue weighted by atomic mass is 10.0.